The molecule has 0 aliphatic carbocycles. The Morgan fingerprint density at radius 2 is 1.45 bits per heavy atom. The second-order valence-corrected chi connectivity index (χ2v) is 6.11. The van der Waals surface area contributed by atoms with E-state index in [4.69, 9.17) is 4.74 Å². The van der Waals surface area contributed by atoms with Gasteiger partial charge in [0.15, 0.2) is 0 Å². The van der Waals surface area contributed by atoms with Crippen molar-refractivity contribution in [1.29, 1.82) is 0 Å². The third-order valence-electron chi connectivity index (χ3n) is 3.53. The zero-order chi connectivity index (χ0) is 15.2. The second kappa shape index (κ2) is 13.4. The van der Waals surface area contributed by atoms with Gasteiger partial charge in [-0.2, -0.15) is 0 Å². The molecule has 20 heavy (non-hydrogen) atoms. The molecule has 3 nitrogen and oxygen atoms in total. The maximum atomic E-state index is 11.2. The highest BCUT2D eigenvalue weighted by molar-refractivity contribution is 5.69. The Bertz CT molecular complexity index is 226. The van der Waals surface area contributed by atoms with Crippen LogP contribution in [-0.4, -0.2) is 23.8 Å². The van der Waals surface area contributed by atoms with Gasteiger partial charge >= 0.3 is 5.97 Å². The first-order valence-electron chi connectivity index (χ1n) is 8.40. The summed E-state index contributed by atoms with van der Waals surface area (Å²) in [5.74, 6) is 0.543. The molecular weight excluding hydrogens is 252 g/mol. The fourth-order valence-electron chi connectivity index (χ4n) is 2.33. The van der Waals surface area contributed by atoms with E-state index in [0.717, 1.165) is 18.8 Å². The Balaban J connectivity index is 3.25. The van der Waals surface area contributed by atoms with E-state index in [9.17, 15) is 9.90 Å². The molecule has 1 atom stereocenters. The first-order chi connectivity index (χ1) is 9.56. The van der Waals surface area contributed by atoms with Gasteiger partial charge < -0.3 is 9.84 Å². The zero-order valence-corrected chi connectivity index (χ0v) is 13.7. The highest BCUT2D eigenvalue weighted by Gasteiger charge is 2.10. The quantitative estimate of drug-likeness (QED) is 0.401. The molecule has 3 heteroatoms. The first kappa shape index (κ1) is 19.4. The minimum absolute atomic E-state index is 0.142. The summed E-state index contributed by atoms with van der Waals surface area (Å²) in [6, 6.07) is 0. The summed E-state index contributed by atoms with van der Waals surface area (Å²) in [5.41, 5.74) is 0. The molecule has 1 N–H and O–H groups in total. The van der Waals surface area contributed by atoms with E-state index < -0.39 is 6.10 Å². The van der Waals surface area contributed by atoms with Crippen molar-refractivity contribution in [3.05, 3.63) is 0 Å². The summed E-state index contributed by atoms with van der Waals surface area (Å²) >= 11 is 0. The van der Waals surface area contributed by atoms with Crippen LogP contribution in [0.5, 0.6) is 0 Å². The number of aliphatic hydroxyl groups is 1. The van der Waals surface area contributed by atoms with Crippen molar-refractivity contribution in [2.24, 2.45) is 5.92 Å². The van der Waals surface area contributed by atoms with Crippen LogP contribution >= 0.6 is 0 Å². The molecular formula is C17H34O3. The van der Waals surface area contributed by atoms with Gasteiger partial charge in [-0.15, -0.1) is 0 Å². The van der Waals surface area contributed by atoms with Crippen LogP contribution in [0.15, 0.2) is 0 Å². The molecule has 0 heterocycles. The summed E-state index contributed by atoms with van der Waals surface area (Å²) in [4.78, 5) is 11.2. The van der Waals surface area contributed by atoms with Crippen LogP contribution in [0.3, 0.4) is 0 Å². The van der Waals surface area contributed by atoms with E-state index in [2.05, 4.69) is 13.8 Å². The van der Waals surface area contributed by atoms with Gasteiger partial charge in [0.1, 0.15) is 0 Å². The van der Waals surface area contributed by atoms with Crippen molar-refractivity contribution in [1.82, 2.24) is 0 Å². The largest absolute Gasteiger partial charge is 0.466 e. The van der Waals surface area contributed by atoms with Gasteiger partial charge in [-0.1, -0.05) is 65.2 Å². The van der Waals surface area contributed by atoms with E-state index in [0.29, 0.717) is 13.0 Å². The van der Waals surface area contributed by atoms with E-state index in [1.54, 1.807) is 6.92 Å². The molecule has 0 radical (unpaired) electrons. The second-order valence-electron chi connectivity index (χ2n) is 6.11. The fourth-order valence-corrected chi connectivity index (χ4v) is 2.33. The number of unbranched alkanes of at least 4 members (excludes halogenated alkanes) is 6. The Hall–Kier alpha value is -0.570. The van der Waals surface area contributed by atoms with Crippen LogP contribution in [-0.2, 0) is 9.53 Å². The van der Waals surface area contributed by atoms with Crippen LogP contribution in [0.2, 0.25) is 0 Å². The third-order valence-corrected chi connectivity index (χ3v) is 3.53. The van der Waals surface area contributed by atoms with Gasteiger partial charge in [0.25, 0.3) is 0 Å². The van der Waals surface area contributed by atoms with E-state index in [-0.39, 0.29) is 12.4 Å². The summed E-state index contributed by atoms with van der Waals surface area (Å²) < 4.78 is 4.81. The van der Waals surface area contributed by atoms with Crippen molar-refractivity contribution in [3.63, 3.8) is 0 Å². The summed E-state index contributed by atoms with van der Waals surface area (Å²) in [6.45, 7) is 6.73. The minimum Gasteiger partial charge on any atom is -0.466 e. The van der Waals surface area contributed by atoms with Crippen molar-refractivity contribution in [3.8, 4) is 0 Å². The summed E-state index contributed by atoms with van der Waals surface area (Å²) in [7, 11) is 0. The van der Waals surface area contributed by atoms with Crippen LogP contribution in [0.25, 0.3) is 0 Å². The topological polar surface area (TPSA) is 46.5 Å². The molecule has 0 aliphatic heterocycles. The van der Waals surface area contributed by atoms with Gasteiger partial charge in [0.05, 0.1) is 19.1 Å². The number of ether oxygens (including phenoxy) is 1. The standard InChI is InChI=1S/C17H34O3/c1-4-20-17(19)14-16(18)13-11-9-7-5-6-8-10-12-15(2)3/h15-16,18H,4-14H2,1-3H3/t16-/m1/s1. The number of hydrogen-bond donors (Lipinski definition) is 1. The Labute approximate surface area is 125 Å². The molecule has 0 saturated carbocycles. The van der Waals surface area contributed by atoms with E-state index in [1.165, 1.54) is 38.5 Å². The lowest BCUT2D eigenvalue weighted by Gasteiger charge is -2.09. The number of esters is 1. The maximum Gasteiger partial charge on any atom is 0.308 e. The number of carbonyl (C=O) groups excluding carboxylic acids is 1. The molecule has 0 aromatic heterocycles. The Morgan fingerprint density at radius 1 is 0.950 bits per heavy atom. The van der Waals surface area contributed by atoms with Crippen LogP contribution in [0.4, 0.5) is 0 Å². The molecule has 0 aliphatic rings. The van der Waals surface area contributed by atoms with Gasteiger partial charge in [0, 0.05) is 0 Å². The average molecular weight is 286 g/mol. The highest BCUT2D eigenvalue weighted by Crippen LogP contribution is 2.13. The monoisotopic (exact) mass is 286 g/mol. The molecule has 0 aromatic rings. The van der Waals surface area contributed by atoms with Crippen LogP contribution in [0.1, 0.15) is 85.0 Å². The summed E-state index contributed by atoms with van der Waals surface area (Å²) in [5, 5.41) is 9.67. The predicted molar refractivity (Wildman–Crippen MR) is 83.6 cm³/mol. The van der Waals surface area contributed by atoms with E-state index in [1.807, 2.05) is 0 Å². The summed E-state index contributed by atoms with van der Waals surface area (Å²) in [6.07, 6.45) is 10.4. The molecule has 0 rings (SSSR count). The molecule has 0 fully saturated rings. The molecule has 0 amide bonds. The highest BCUT2D eigenvalue weighted by atomic mass is 16.5. The van der Waals surface area contributed by atoms with Crippen molar-refractivity contribution in [2.45, 2.75) is 91.1 Å². The fraction of sp³-hybridized carbons (Fsp3) is 0.941. The molecule has 0 unspecified atom stereocenters. The van der Waals surface area contributed by atoms with Crippen LogP contribution < -0.4 is 0 Å². The average Bonchev–Trinajstić information content (AvgIpc) is 2.36. The lowest BCUT2D eigenvalue weighted by molar-refractivity contribution is -0.145. The molecule has 0 bridgehead atoms. The first-order valence-corrected chi connectivity index (χ1v) is 8.40. The smallest absolute Gasteiger partial charge is 0.308 e. The molecule has 0 saturated heterocycles. The number of hydrogen-bond acceptors (Lipinski definition) is 3. The Morgan fingerprint density at radius 3 is 1.95 bits per heavy atom. The molecule has 0 spiro atoms. The Kier molecular flexibility index (Phi) is 13.0. The van der Waals surface area contributed by atoms with Gasteiger partial charge in [-0.3, -0.25) is 4.79 Å². The lowest BCUT2D eigenvalue weighted by atomic mass is 10.0. The van der Waals surface area contributed by atoms with E-state index >= 15 is 0 Å². The third kappa shape index (κ3) is 13.9. The lowest BCUT2D eigenvalue weighted by Crippen LogP contribution is -2.15. The van der Waals surface area contributed by atoms with Crippen molar-refractivity contribution >= 4 is 5.97 Å². The maximum absolute atomic E-state index is 11.2. The van der Waals surface area contributed by atoms with Gasteiger partial charge in [-0.05, 0) is 19.3 Å². The number of aliphatic hydroxyl groups excluding tert-OH is 1. The SMILES string of the molecule is CCOC(=O)C[C@H](O)CCCCCCCCCC(C)C. The molecule has 0 aromatic carbocycles. The van der Waals surface area contributed by atoms with Gasteiger partial charge in [-0.25, -0.2) is 0 Å². The number of rotatable bonds is 13. The van der Waals surface area contributed by atoms with Gasteiger partial charge in [0.2, 0.25) is 0 Å². The van der Waals surface area contributed by atoms with Crippen molar-refractivity contribution < 1.29 is 14.6 Å². The number of carbonyl (C=O) groups is 1. The predicted octanol–water partition coefficient (Wildman–Crippen LogP) is 4.47. The van der Waals surface area contributed by atoms with Crippen molar-refractivity contribution in [2.75, 3.05) is 6.61 Å². The molecule has 120 valence electrons. The normalized spacial score (nSPS) is 12.7. The zero-order valence-electron chi connectivity index (χ0n) is 13.7. The minimum atomic E-state index is -0.528. The van der Waals surface area contributed by atoms with Crippen LogP contribution in [0, 0.1) is 5.92 Å².